The molecule has 4 heteroatoms. The third-order valence-corrected chi connectivity index (χ3v) is 3.04. The number of nitrogens with zero attached hydrogens (tertiary/aromatic N) is 1. The molecule has 0 saturated carbocycles. The summed E-state index contributed by atoms with van der Waals surface area (Å²) < 4.78 is 0. The van der Waals surface area contributed by atoms with Gasteiger partial charge in [-0.05, 0) is 24.6 Å². The summed E-state index contributed by atoms with van der Waals surface area (Å²) in [4.78, 5) is 18.4. The van der Waals surface area contributed by atoms with E-state index in [1.165, 1.54) is 17.7 Å². The van der Waals surface area contributed by atoms with Crippen LogP contribution in [0.3, 0.4) is 0 Å². The smallest absolute Gasteiger partial charge is 0.138 e. The van der Waals surface area contributed by atoms with Crippen LogP contribution in [0.2, 0.25) is 0 Å². The molecule has 0 radical (unpaired) electrons. The number of carboxylic acid groups (broad SMARTS) is 1. The van der Waals surface area contributed by atoms with Crippen molar-refractivity contribution in [2.24, 2.45) is 0 Å². The molecule has 4 nitrogen and oxygen atoms in total. The Morgan fingerprint density at radius 3 is 2.58 bits per heavy atom. The van der Waals surface area contributed by atoms with E-state index in [1.807, 2.05) is 31.2 Å². The second kappa shape index (κ2) is 4.24. The molecule has 0 aliphatic carbocycles. The molecule has 0 bridgehead atoms. The number of benzene rings is 2. The fourth-order valence-electron chi connectivity index (χ4n) is 1.98. The van der Waals surface area contributed by atoms with E-state index < -0.39 is 5.97 Å². The second-order valence-electron chi connectivity index (χ2n) is 4.47. The van der Waals surface area contributed by atoms with E-state index in [2.05, 4.69) is 9.97 Å². The monoisotopic (exact) mass is 251 g/mol. The van der Waals surface area contributed by atoms with Gasteiger partial charge in [0.1, 0.15) is 5.82 Å². The number of rotatable bonds is 2. The Hall–Kier alpha value is -2.62. The van der Waals surface area contributed by atoms with Crippen molar-refractivity contribution in [3.8, 4) is 11.4 Å². The SMILES string of the molecule is Cc1ccc(-c2nc3ccc(C(=O)[O-])cc3[nH]2)cc1. The number of imidazole rings is 1. The Bertz CT molecular complexity index is 757. The lowest BCUT2D eigenvalue weighted by atomic mass is 10.1. The van der Waals surface area contributed by atoms with Crippen molar-refractivity contribution >= 4 is 17.0 Å². The van der Waals surface area contributed by atoms with Crippen molar-refractivity contribution in [1.82, 2.24) is 9.97 Å². The van der Waals surface area contributed by atoms with Crippen LogP contribution in [0, 0.1) is 6.92 Å². The molecule has 1 aromatic heterocycles. The van der Waals surface area contributed by atoms with Crippen molar-refractivity contribution in [1.29, 1.82) is 0 Å². The van der Waals surface area contributed by atoms with Gasteiger partial charge in [0.25, 0.3) is 0 Å². The first-order chi connectivity index (χ1) is 9.13. The lowest BCUT2D eigenvalue weighted by Gasteiger charge is -2.00. The van der Waals surface area contributed by atoms with Gasteiger partial charge in [0.15, 0.2) is 0 Å². The molecular weight excluding hydrogens is 240 g/mol. The number of hydrogen-bond acceptors (Lipinski definition) is 3. The lowest BCUT2D eigenvalue weighted by Crippen LogP contribution is -2.21. The summed E-state index contributed by atoms with van der Waals surface area (Å²) in [7, 11) is 0. The van der Waals surface area contributed by atoms with Crippen LogP contribution in [0.15, 0.2) is 42.5 Å². The number of carboxylic acids is 1. The van der Waals surface area contributed by atoms with Crippen LogP contribution in [-0.4, -0.2) is 15.9 Å². The number of carbonyl (C=O) groups excluding carboxylic acids is 1. The number of carbonyl (C=O) groups is 1. The van der Waals surface area contributed by atoms with Gasteiger partial charge in [0.2, 0.25) is 0 Å². The summed E-state index contributed by atoms with van der Waals surface area (Å²) in [5.41, 5.74) is 3.72. The summed E-state index contributed by atoms with van der Waals surface area (Å²) in [6.07, 6.45) is 0. The van der Waals surface area contributed by atoms with E-state index in [-0.39, 0.29) is 5.56 Å². The van der Waals surface area contributed by atoms with Gasteiger partial charge < -0.3 is 14.9 Å². The highest BCUT2D eigenvalue weighted by Crippen LogP contribution is 2.21. The average molecular weight is 251 g/mol. The Morgan fingerprint density at radius 1 is 1.16 bits per heavy atom. The van der Waals surface area contributed by atoms with E-state index >= 15 is 0 Å². The van der Waals surface area contributed by atoms with E-state index in [0.29, 0.717) is 5.52 Å². The zero-order chi connectivity index (χ0) is 13.4. The molecule has 3 aromatic rings. The van der Waals surface area contributed by atoms with Gasteiger partial charge in [-0.2, -0.15) is 0 Å². The zero-order valence-electron chi connectivity index (χ0n) is 10.3. The van der Waals surface area contributed by atoms with Crippen LogP contribution in [0.25, 0.3) is 22.4 Å². The van der Waals surface area contributed by atoms with Crippen LogP contribution in [0.5, 0.6) is 0 Å². The maximum Gasteiger partial charge on any atom is 0.138 e. The molecule has 0 aliphatic rings. The number of aromatic carboxylic acids is 1. The van der Waals surface area contributed by atoms with E-state index in [0.717, 1.165) is 16.9 Å². The molecule has 19 heavy (non-hydrogen) atoms. The molecule has 94 valence electrons. The van der Waals surface area contributed by atoms with Crippen LogP contribution in [0.4, 0.5) is 0 Å². The van der Waals surface area contributed by atoms with Gasteiger partial charge in [0.05, 0.1) is 17.0 Å². The molecule has 1 heterocycles. The quantitative estimate of drug-likeness (QED) is 0.756. The number of aromatic nitrogens is 2. The summed E-state index contributed by atoms with van der Waals surface area (Å²) in [5.74, 6) is -0.459. The van der Waals surface area contributed by atoms with Crippen LogP contribution in [-0.2, 0) is 0 Å². The molecule has 0 atom stereocenters. The second-order valence-corrected chi connectivity index (χ2v) is 4.47. The molecule has 0 fully saturated rings. The highest BCUT2D eigenvalue weighted by Gasteiger charge is 2.06. The largest absolute Gasteiger partial charge is 0.545 e. The zero-order valence-corrected chi connectivity index (χ0v) is 10.3. The molecule has 0 unspecified atom stereocenters. The van der Waals surface area contributed by atoms with Gasteiger partial charge in [-0.3, -0.25) is 0 Å². The molecule has 0 amide bonds. The van der Waals surface area contributed by atoms with E-state index in [4.69, 9.17) is 0 Å². The normalized spacial score (nSPS) is 10.8. The first-order valence-electron chi connectivity index (χ1n) is 5.91. The predicted molar refractivity (Wildman–Crippen MR) is 70.6 cm³/mol. The third kappa shape index (κ3) is 2.08. The van der Waals surface area contributed by atoms with Crippen LogP contribution >= 0.6 is 0 Å². The van der Waals surface area contributed by atoms with Crippen molar-refractivity contribution in [2.45, 2.75) is 6.92 Å². The number of nitrogens with one attached hydrogen (secondary N) is 1. The molecule has 0 spiro atoms. The predicted octanol–water partition coefficient (Wildman–Crippen LogP) is 1.90. The minimum atomic E-state index is -1.19. The molecule has 0 aliphatic heterocycles. The topological polar surface area (TPSA) is 68.8 Å². The molecular formula is C15H11N2O2-. The minimum absolute atomic E-state index is 0.145. The highest BCUT2D eigenvalue weighted by molar-refractivity contribution is 5.91. The maximum atomic E-state index is 10.8. The van der Waals surface area contributed by atoms with Gasteiger partial charge in [0, 0.05) is 5.56 Å². The van der Waals surface area contributed by atoms with Crippen LogP contribution < -0.4 is 5.11 Å². The minimum Gasteiger partial charge on any atom is -0.545 e. The Balaban J connectivity index is 2.11. The molecule has 1 N–H and O–H groups in total. The molecule has 3 rings (SSSR count). The van der Waals surface area contributed by atoms with E-state index in [9.17, 15) is 9.90 Å². The number of H-pyrrole nitrogens is 1. The first kappa shape index (κ1) is 11.5. The first-order valence-corrected chi connectivity index (χ1v) is 5.91. The van der Waals surface area contributed by atoms with Gasteiger partial charge >= 0.3 is 0 Å². The average Bonchev–Trinajstić information content (AvgIpc) is 2.82. The molecule has 2 aromatic carbocycles. The number of fused-ring (bicyclic) bond motifs is 1. The summed E-state index contributed by atoms with van der Waals surface area (Å²) in [5, 5.41) is 10.8. The highest BCUT2D eigenvalue weighted by atomic mass is 16.4. The lowest BCUT2D eigenvalue weighted by molar-refractivity contribution is -0.255. The standard InChI is InChI=1S/C15H12N2O2/c1-9-2-4-10(5-3-9)14-16-12-7-6-11(15(18)19)8-13(12)17-14/h2-8H,1H3,(H,16,17)(H,18,19)/p-1. The van der Waals surface area contributed by atoms with Gasteiger partial charge in [-0.15, -0.1) is 0 Å². The van der Waals surface area contributed by atoms with Crippen LogP contribution in [0.1, 0.15) is 15.9 Å². The number of hydrogen-bond donors (Lipinski definition) is 1. The van der Waals surface area contributed by atoms with Crippen molar-refractivity contribution in [2.75, 3.05) is 0 Å². The van der Waals surface area contributed by atoms with Crippen molar-refractivity contribution < 1.29 is 9.90 Å². The fourth-order valence-corrected chi connectivity index (χ4v) is 1.98. The number of aromatic amines is 1. The van der Waals surface area contributed by atoms with Crippen molar-refractivity contribution in [3.05, 3.63) is 53.6 Å². The third-order valence-electron chi connectivity index (χ3n) is 3.04. The summed E-state index contributed by atoms with van der Waals surface area (Å²) in [6, 6.07) is 12.7. The maximum absolute atomic E-state index is 10.8. The van der Waals surface area contributed by atoms with Gasteiger partial charge in [-0.25, -0.2) is 4.98 Å². The van der Waals surface area contributed by atoms with E-state index in [1.54, 1.807) is 6.07 Å². The Morgan fingerprint density at radius 2 is 1.89 bits per heavy atom. The summed E-state index contributed by atoms with van der Waals surface area (Å²) >= 11 is 0. The fraction of sp³-hybridized carbons (Fsp3) is 0.0667. The van der Waals surface area contributed by atoms with Gasteiger partial charge in [-0.1, -0.05) is 35.9 Å². The Kier molecular flexibility index (Phi) is 2.56. The summed E-state index contributed by atoms with van der Waals surface area (Å²) in [6.45, 7) is 2.02. The Labute approximate surface area is 109 Å². The molecule has 0 saturated heterocycles. The number of aryl methyl sites for hydroxylation is 1. The van der Waals surface area contributed by atoms with Crippen molar-refractivity contribution in [3.63, 3.8) is 0 Å².